The molecule has 6 heteroatoms. The second kappa shape index (κ2) is 6.51. The Hall–Kier alpha value is -1.40. The molecule has 0 aliphatic carbocycles. The number of phenolic OH excluding ortho intramolecular Hbond substituents is 1. The van der Waals surface area contributed by atoms with Crippen LogP contribution in [0.25, 0.3) is 0 Å². The topological polar surface area (TPSA) is 72.8 Å². The lowest BCUT2D eigenvalue weighted by molar-refractivity contribution is -0.116. The Morgan fingerprint density at radius 3 is 2.61 bits per heavy atom. The smallest absolute Gasteiger partial charge is 0.188 e. The van der Waals surface area contributed by atoms with E-state index in [1.54, 1.807) is 0 Å². The van der Waals surface area contributed by atoms with Crippen molar-refractivity contribution in [2.24, 2.45) is 0 Å². The largest absolute Gasteiger partial charge is 0.507 e. The van der Waals surface area contributed by atoms with Crippen LogP contribution in [0.2, 0.25) is 0 Å². The van der Waals surface area contributed by atoms with Crippen molar-refractivity contribution in [2.75, 3.05) is 13.9 Å². The van der Waals surface area contributed by atoms with Gasteiger partial charge in [0.15, 0.2) is 12.6 Å². The summed E-state index contributed by atoms with van der Waals surface area (Å²) < 4.78 is 10.4. The second-order valence-corrected chi connectivity index (χ2v) is 4.51. The number of rotatable bonds is 6. The highest BCUT2D eigenvalue weighted by Crippen LogP contribution is 2.33. The van der Waals surface area contributed by atoms with E-state index in [9.17, 15) is 14.7 Å². The number of phenols is 1. The summed E-state index contributed by atoms with van der Waals surface area (Å²) in [6.07, 6.45) is -0.238. The molecule has 18 heavy (non-hydrogen) atoms. The number of hydrogen-bond acceptors (Lipinski definition) is 5. The Kier molecular flexibility index (Phi) is 5.30. The highest BCUT2D eigenvalue weighted by atomic mass is 79.9. The predicted molar refractivity (Wildman–Crippen MR) is 67.9 cm³/mol. The van der Waals surface area contributed by atoms with Crippen LogP contribution in [0.1, 0.15) is 23.7 Å². The minimum absolute atomic E-state index is 0.0266. The molecule has 0 bridgehead atoms. The van der Waals surface area contributed by atoms with E-state index < -0.39 is 5.78 Å². The molecule has 0 atom stereocenters. The fraction of sp³-hybridized carbons (Fsp3) is 0.333. The molecule has 0 saturated heterocycles. The maximum atomic E-state index is 11.7. The maximum absolute atomic E-state index is 11.7. The number of Topliss-reactive ketones (excluding diaryl/α,β-unsaturated/α-hetero) is 2. The van der Waals surface area contributed by atoms with Gasteiger partial charge in [-0.15, -0.1) is 0 Å². The molecule has 0 radical (unpaired) electrons. The number of ether oxygens (including phenoxy) is 2. The van der Waals surface area contributed by atoms with Crippen LogP contribution in [0.4, 0.5) is 0 Å². The Labute approximate surface area is 113 Å². The highest BCUT2D eigenvalue weighted by molar-refractivity contribution is 9.10. The van der Waals surface area contributed by atoms with Crippen LogP contribution < -0.4 is 4.74 Å². The van der Waals surface area contributed by atoms with Crippen LogP contribution in [-0.2, 0) is 9.53 Å². The third kappa shape index (κ3) is 3.82. The van der Waals surface area contributed by atoms with Gasteiger partial charge in [-0.1, -0.05) is 0 Å². The predicted octanol–water partition coefficient (Wildman–Crippen LogP) is 2.30. The van der Waals surface area contributed by atoms with Crippen LogP contribution >= 0.6 is 15.9 Å². The van der Waals surface area contributed by atoms with Gasteiger partial charge >= 0.3 is 0 Å². The van der Waals surface area contributed by atoms with Crippen molar-refractivity contribution < 1.29 is 24.2 Å². The Bertz CT molecular complexity index is 470. The normalized spacial score (nSPS) is 10.2. The van der Waals surface area contributed by atoms with Crippen molar-refractivity contribution in [2.45, 2.75) is 13.3 Å². The van der Waals surface area contributed by atoms with E-state index in [1.165, 1.54) is 26.2 Å². The average molecular weight is 317 g/mol. The van der Waals surface area contributed by atoms with E-state index in [0.29, 0.717) is 10.2 Å². The van der Waals surface area contributed by atoms with Gasteiger partial charge in [-0.05, 0) is 28.9 Å². The van der Waals surface area contributed by atoms with E-state index in [1.807, 2.05) is 0 Å². The number of carbonyl (C=O) groups is 2. The zero-order valence-electron chi connectivity index (χ0n) is 10.0. The van der Waals surface area contributed by atoms with E-state index in [2.05, 4.69) is 15.9 Å². The first-order valence-electron chi connectivity index (χ1n) is 5.12. The van der Waals surface area contributed by atoms with Gasteiger partial charge < -0.3 is 14.6 Å². The van der Waals surface area contributed by atoms with Crippen LogP contribution in [0.5, 0.6) is 11.5 Å². The number of hydrogen-bond donors (Lipinski definition) is 1. The minimum atomic E-state index is -0.431. The molecule has 0 amide bonds. The summed E-state index contributed by atoms with van der Waals surface area (Å²) in [6.45, 7) is 1.35. The van der Waals surface area contributed by atoms with Gasteiger partial charge in [-0.2, -0.15) is 0 Å². The van der Waals surface area contributed by atoms with Gasteiger partial charge in [0.25, 0.3) is 0 Å². The molecule has 98 valence electrons. The Morgan fingerprint density at radius 2 is 2.06 bits per heavy atom. The van der Waals surface area contributed by atoms with E-state index in [-0.39, 0.29) is 30.3 Å². The van der Waals surface area contributed by atoms with Gasteiger partial charge in [0.05, 0.1) is 16.5 Å². The monoisotopic (exact) mass is 316 g/mol. The van der Waals surface area contributed by atoms with Crippen molar-refractivity contribution in [1.82, 2.24) is 0 Å². The lowest BCUT2D eigenvalue weighted by Crippen LogP contribution is -2.06. The highest BCUT2D eigenvalue weighted by Gasteiger charge is 2.16. The number of ketones is 2. The van der Waals surface area contributed by atoms with Crippen LogP contribution in [0.15, 0.2) is 16.6 Å². The molecule has 5 nitrogen and oxygen atoms in total. The fourth-order valence-corrected chi connectivity index (χ4v) is 1.78. The number of benzene rings is 1. The number of carbonyl (C=O) groups excluding carboxylic acids is 2. The molecule has 0 heterocycles. The van der Waals surface area contributed by atoms with Gasteiger partial charge in [-0.3, -0.25) is 9.59 Å². The van der Waals surface area contributed by atoms with E-state index >= 15 is 0 Å². The third-order valence-electron chi connectivity index (χ3n) is 2.09. The molecular formula is C12H13BrO5. The van der Waals surface area contributed by atoms with Crippen LogP contribution in [-0.4, -0.2) is 30.6 Å². The van der Waals surface area contributed by atoms with Crippen molar-refractivity contribution in [3.8, 4) is 11.5 Å². The van der Waals surface area contributed by atoms with Crippen molar-refractivity contribution >= 4 is 27.5 Å². The van der Waals surface area contributed by atoms with Crippen molar-refractivity contribution in [3.63, 3.8) is 0 Å². The van der Waals surface area contributed by atoms with E-state index in [4.69, 9.17) is 9.47 Å². The fourth-order valence-electron chi connectivity index (χ4n) is 1.32. The number of aromatic hydroxyl groups is 1. The molecule has 1 aromatic carbocycles. The standard InChI is InChI=1S/C12H13BrO5/c1-7(14)3-10(15)8-4-9(13)12(5-11(8)16)18-6-17-2/h4-5,16H,3,6H2,1-2H3. The molecular weight excluding hydrogens is 304 g/mol. The first-order chi connectivity index (χ1) is 8.45. The van der Waals surface area contributed by atoms with Gasteiger partial charge in [0.1, 0.15) is 17.3 Å². The summed E-state index contributed by atoms with van der Waals surface area (Å²) in [4.78, 5) is 22.6. The lowest BCUT2D eigenvalue weighted by Gasteiger charge is -2.10. The maximum Gasteiger partial charge on any atom is 0.188 e. The molecule has 0 saturated carbocycles. The molecule has 0 fully saturated rings. The summed E-state index contributed by atoms with van der Waals surface area (Å²) in [6, 6.07) is 2.72. The van der Waals surface area contributed by atoms with Crippen LogP contribution in [0.3, 0.4) is 0 Å². The molecule has 0 aliphatic heterocycles. The van der Waals surface area contributed by atoms with Crippen molar-refractivity contribution in [1.29, 1.82) is 0 Å². The first kappa shape index (κ1) is 14.7. The average Bonchev–Trinajstić information content (AvgIpc) is 2.28. The van der Waals surface area contributed by atoms with Crippen LogP contribution in [0, 0.1) is 0 Å². The summed E-state index contributed by atoms with van der Waals surface area (Å²) in [7, 11) is 1.47. The molecule has 0 unspecified atom stereocenters. The Morgan fingerprint density at radius 1 is 1.39 bits per heavy atom. The van der Waals surface area contributed by atoms with Gasteiger partial charge in [0.2, 0.25) is 0 Å². The lowest BCUT2D eigenvalue weighted by atomic mass is 10.1. The Balaban J connectivity index is 2.99. The molecule has 0 aliphatic rings. The third-order valence-corrected chi connectivity index (χ3v) is 2.71. The van der Waals surface area contributed by atoms with Gasteiger partial charge in [0, 0.05) is 13.2 Å². The summed E-state index contributed by atoms with van der Waals surface area (Å²) in [5.41, 5.74) is 0.0850. The number of halogens is 1. The molecule has 1 aromatic rings. The van der Waals surface area contributed by atoms with Crippen molar-refractivity contribution in [3.05, 3.63) is 22.2 Å². The zero-order valence-corrected chi connectivity index (χ0v) is 11.6. The molecule has 0 aromatic heterocycles. The molecule has 0 spiro atoms. The summed E-state index contributed by atoms with van der Waals surface area (Å²) in [5, 5.41) is 9.72. The first-order valence-corrected chi connectivity index (χ1v) is 5.92. The second-order valence-electron chi connectivity index (χ2n) is 3.65. The van der Waals surface area contributed by atoms with Gasteiger partial charge in [-0.25, -0.2) is 0 Å². The van der Waals surface area contributed by atoms with E-state index in [0.717, 1.165) is 0 Å². The number of methoxy groups -OCH3 is 1. The molecule has 1 rings (SSSR count). The SMILES string of the molecule is COCOc1cc(O)c(C(=O)CC(C)=O)cc1Br. The molecule has 1 N–H and O–H groups in total. The quantitative estimate of drug-likeness (QED) is 0.495. The minimum Gasteiger partial charge on any atom is -0.507 e. The summed E-state index contributed by atoms with van der Waals surface area (Å²) in [5.74, 6) is -0.557. The summed E-state index contributed by atoms with van der Waals surface area (Å²) >= 11 is 3.22. The zero-order chi connectivity index (χ0) is 13.7.